The van der Waals surface area contributed by atoms with Gasteiger partial charge in [-0.05, 0) is 93.4 Å². The molecule has 2 fully saturated rings. The number of fused-ring (bicyclic) bond motifs is 1. The summed E-state index contributed by atoms with van der Waals surface area (Å²) in [5.74, 6) is -2.33. The average molecular weight is 811 g/mol. The van der Waals surface area contributed by atoms with Crippen LogP contribution in [-0.2, 0) is 9.84 Å². The molecular weight excluding hydrogens is 770 g/mol. The highest BCUT2D eigenvalue weighted by Crippen LogP contribution is 2.36. The number of pyridine rings is 1. The maximum absolute atomic E-state index is 15.2. The van der Waals surface area contributed by atoms with Crippen LogP contribution in [0.25, 0.3) is 28.3 Å². The molecule has 0 spiro atoms. The summed E-state index contributed by atoms with van der Waals surface area (Å²) in [4.78, 5) is 31.8. The normalized spacial score (nSPS) is 15.8. The van der Waals surface area contributed by atoms with E-state index in [1.54, 1.807) is 48.2 Å². The summed E-state index contributed by atoms with van der Waals surface area (Å²) in [5, 5.41) is 5.33. The summed E-state index contributed by atoms with van der Waals surface area (Å²) < 4.78 is 75.3. The molecule has 0 aliphatic carbocycles. The highest BCUT2D eigenvalue weighted by Gasteiger charge is 2.32. The van der Waals surface area contributed by atoms with Crippen molar-refractivity contribution in [3.05, 3.63) is 114 Å². The first kappa shape index (κ1) is 38.9. The number of carbonyl (C=O) groups is 1. The molecule has 2 N–H and O–H groups in total. The number of benzene rings is 3. The van der Waals surface area contributed by atoms with Gasteiger partial charge in [-0.2, -0.15) is 0 Å². The van der Waals surface area contributed by atoms with Crippen LogP contribution >= 0.6 is 0 Å². The topological polar surface area (TPSA) is 134 Å². The summed E-state index contributed by atoms with van der Waals surface area (Å²) in [7, 11) is -1.41. The Bertz CT molecular complexity index is 2590. The predicted molar refractivity (Wildman–Crippen MR) is 217 cm³/mol. The SMILES string of the molecule is COc1cc(N2CCC(N3CCC(S(C)(=O)=O)CC3)CC2)ccc1Nc1nccc(-c2c(-c3cccc(C(=O)Nc4c(F)cccc4F)c3)nc3c(F)cccn23)n1. The number of sulfone groups is 1. The number of carbonyl (C=O) groups excluding carboxylic acids is 1. The number of hydrogen-bond acceptors (Lipinski definition) is 10. The predicted octanol–water partition coefficient (Wildman–Crippen LogP) is 7.36. The molecule has 58 heavy (non-hydrogen) atoms. The van der Waals surface area contributed by atoms with Crippen molar-refractivity contribution in [2.45, 2.75) is 37.0 Å². The molecule has 0 unspecified atom stereocenters. The lowest BCUT2D eigenvalue weighted by Crippen LogP contribution is -2.49. The zero-order chi connectivity index (χ0) is 40.6. The van der Waals surface area contributed by atoms with Crippen molar-refractivity contribution in [3.63, 3.8) is 0 Å². The summed E-state index contributed by atoms with van der Waals surface area (Å²) >= 11 is 0. The lowest BCUT2D eigenvalue weighted by atomic mass is 9.99. The Labute approximate surface area is 333 Å². The number of halogens is 3. The monoisotopic (exact) mass is 810 g/mol. The Hall–Kier alpha value is -6.00. The molecule has 2 aliphatic heterocycles. The summed E-state index contributed by atoms with van der Waals surface area (Å²) in [6.45, 7) is 3.33. The third-order valence-electron chi connectivity index (χ3n) is 11.0. The number of ether oxygens (including phenoxy) is 1. The number of aromatic nitrogens is 4. The molecule has 3 aromatic carbocycles. The molecule has 5 heterocycles. The van der Waals surface area contributed by atoms with Crippen LogP contribution in [0.4, 0.5) is 36.2 Å². The molecule has 0 atom stereocenters. The van der Waals surface area contributed by atoms with E-state index < -0.39 is 38.9 Å². The number of hydrogen-bond donors (Lipinski definition) is 2. The second-order valence-corrected chi connectivity index (χ2v) is 16.9. The van der Waals surface area contributed by atoms with E-state index in [4.69, 9.17) is 9.72 Å². The van der Waals surface area contributed by atoms with Gasteiger partial charge in [0.25, 0.3) is 5.91 Å². The molecule has 0 radical (unpaired) electrons. The Morgan fingerprint density at radius 3 is 2.29 bits per heavy atom. The smallest absolute Gasteiger partial charge is 0.255 e. The van der Waals surface area contributed by atoms with Crippen molar-refractivity contribution in [2.24, 2.45) is 0 Å². The molecule has 3 aromatic heterocycles. The number of anilines is 4. The average Bonchev–Trinajstić information content (AvgIpc) is 3.63. The fourth-order valence-corrected chi connectivity index (χ4v) is 8.97. The van der Waals surface area contributed by atoms with Crippen molar-refractivity contribution in [1.82, 2.24) is 24.3 Å². The molecule has 300 valence electrons. The zero-order valence-electron chi connectivity index (χ0n) is 31.8. The Morgan fingerprint density at radius 1 is 0.845 bits per heavy atom. The van der Waals surface area contributed by atoms with E-state index in [0.717, 1.165) is 56.8 Å². The van der Waals surface area contributed by atoms with E-state index in [2.05, 4.69) is 30.4 Å². The maximum atomic E-state index is 15.2. The van der Waals surface area contributed by atoms with E-state index in [1.807, 2.05) is 18.2 Å². The van der Waals surface area contributed by atoms with E-state index >= 15 is 4.39 Å². The molecule has 0 bridgehead atoms. The number of nitrogens with zero attached hydrogens (tertiary/aromatic N) is 6. The third kappa shape index (κ3) is 7.94. The zero-order valence-corrected chi connectivity index (χ0v) is 32.6. The third-order valence-corrected chi connectivity index (χ3v) is 12.6. The Balaban J connectivity index is 1.02. The van der Waals surface area contributed by atoms with Gasteiger partial charge < -0.3 is 25.2 Å². The second kappa shape index (κ2) is 16.1. The van der Waals surface area contributed by atoms with Gasteiger partial charge in [-0.3, -0.25) is 9.20 Å². The molecule has 12 nitrogen and oxygen atoms in total. The molecule has 0 saturated carbocycles. The number of methoxy groups -OCH3 is 1. The van der Waals surface area contributed by atoms with Gasteiger partial charge in [-0.1, -0.05) is 18.2 Å². The lowest BCUT2D eigenvalue weighted by molar-refractivity contribution is 0.102. The van der Waals surface area contributed by atoms with Crippen molar-refractivity contribution < 1.29 is 31.1 Å². The first-order chi connectivity index (χ1) is 28.0. The minimum Gasteiger partial charge on any atom is -0.494 e. The van der Waals surface area contributed by atoms with Gasteiger partial charge in [0.05, 0.1) is 35.1 Å². The number of para-hydroxylation sites is 1. The van der Waals surface area contributed by atoms with Crippen LogP contribution < -0.4 is 20.3 Å². The van der Waals surface area contributed by atoms with Gasteiger partial charge in [0.15, 0.2) is 11.5 Å². The van der Waals surface area contributed by atoms with Gasteiger partial charge in [-0.15, -0.1) is 0 Å². The number of likely N-dealkylation sites (tertiary alicyclic amines) is 1. The second-order valence-electron chi connectivity index (χ2n) is 14.5. The van der Waals surface area contributed by atoms with E-state index in [1.165, 1.54) is 30.5 Å². The number of rotatable bonds is 10. The minimum atomic E-state index is -3.01. The molecule has 8 rings (SSSR count). The summed E-state index contributed by atoms with van der Waals surface area (Å²) in [6.07, 6.45) is 7.89. The minimum absolute atomic E-state index is 0.0294. The van der Waals surface area contributed by atoms with Crippen molar-refractivity contribution >= 4 is 44.4 Å². The Morgan fingerprint density at radius 2 is 1.57 bits per heavy atom. The number of amides is 1. The molecule has 6 aromatic rings. The van der Waals surface area contributed by atoms with Crippen LogP contribution in [-0.4, -0.2) is 89.4 Å². The largest absolute Gasteiger partial charge is 0.494 e. The van der Waals surface area contributed by atoms with Gasteiger partial charge in [0.2, 0.25) is 5.95 Å². The number of imidazole rings is 1. The fraction of sp³-hybridized carbons (Fsp3) is 0.286. The maximum Gasteiger partial charge on any atom is 0.255 e. The van der Waals surface area contributed by atoms with Gasteiger partial charge in [-0.25, -0.2) is 36.5 Å². The van der Waals surface area contributed by atoms with Crippen LogP contribution in [0.15, 0.2) is 91.3 Å². The van der Waals surface area contributed by atoms with Crippen LogP contribution in [0.5, 0.6) is 5.75 Å². The van der Waals surface area contributed by atoms with Gasteiger partial charge in [0, 0.05) is 60.7 Å². The molecule has 16 heteroatoms. The first-order valence-electron chi connectivity index (χ1n) is 19.0. The Kier molecular flexibility index (Phi) is 10.8. The van der Waals surface area contributed by atoms with E-state index in [9.17, 15) is 22.0 Å². The number of piperidine rings is 2. The van der Waals surface area contributed by atoms with Crippen LogP contribution in [0, 0.1) is 17.5 Å². The lowest BCUT2D eigenvalue weighted by Gasteiger charge is -2.42. The van der Waals surface area contributed by atoms with E-state index in [0.29, 0.717) is 53.0 Å². The van der Waals surface area contributed by atoms with Crippen molar-refractivity contribution in [2.75, 3.05) is 55.1 Å². The van der Waals surface area contributed by atoms with Crippen LogP contribution in [0.3, 0.4) is 0 Å². The first-order valence-corrected chi connectivity index (χ1v) is 20.9. The van der Waals surface area contributed by atoms with Crippen molar-refractivity contribution in [1.29, 1.82) is 0 Å². The standard InChI is InChI=1S/C42H41F3N8O4S/c1-57-36-25-29(52-20-14-28(15-21-52)51-22-16-30(17-23-51)58(2,55)56)11-12-34(36)47-42-46-18-13-35(48-42)39-37(49-40-33(45)10-5-19-53(39)40)26-6-3-7-27(24-26)41(54)50-38-31(43)8-4-9-32(38)44/h3-13,18-19,24-25,28,30H,14-17,20-23H2,1-2H3,(H,50,54)(H,46,47,48). The van der Waals surface area contributed by atoms with Crippen LogP contribution in [0.1, 0.15) is 36.0 Å². The quantitative estimate of drug-likeness (QED) is 0.145. The van der Waals surface area contributed by atoms with Gasteiger partial charge >= 0.3 is 0 Å². The highest BCUT2D eigenvalue weighted by molar-refractivity contribution is 7.91. The fourth-order valence-electron chi connectivity index (χ4n) is 7.90. The highest BCUT2D eigenvalue weighted by atomic mass is 32.2. The molecule has 2 saturated heterocycles. The van der Waals surface area contributed by atoms with Gasteiger partial charge in [0.1, 0.15) is 32.9 Å². The van der Waals surface area contributed by atoms with Crippen molar-refractivity contribution in [3.8, 4) is 28.4 Å². The molecule has 1 amide bonds. The summed E-state index contributed by atoms with van der Waals surface area (Å²) in [6, 6.07) is 20.4. The number of nitrogens with one attached hydrogen (secondary N) is 2. The molecular formula is C42H41F3N8O4S. The van der Waals surface area contributed by atoms with Crippen LogP contribution in [0.2, 0.25) is 0 Å². The van der Waals surface area contributed by atoms with E-state index in [-0.39, 0.29) is 22.4 Å². The summed E-state index contributed by atoms with van der Waals surface area (Å²) in [5.41, 5.74) is 2.76. The molecule has 2 aliphatic rings.